The van der Waals surface area contributed by atoms with Crippen molar-refractivity contribution >= 4 is 11.6 Å². The maximum Gasteiger partial charge on any atom is 0.232 e. The van der Waals surface area contributed by atoms with Crippen molar-refractivity contribution in [1.82, 2.24) is 9.88 Å². The molecule has 0 aliphatic carbocycles. The molecule has 2 rings (SSSR count). The van der Waals surface area contributed by atoms with Crippen molar-refractivity contribution in [1.29, 1.82) is 5.26 Å². The fourth-order valence-corrected chi connectivity index (χ4v) is 2.18. The molecule has 17 heavy (non-hydrogen) atoms. The Balaban J connectivity index is 1.97. The van der Waals surface area contributed by atoms with Gasteiger partial charge in [0.2, 0.25) is 5.88 Å². The van der Waals surface area contributed by atoms with E-state index in [0.29, 0.717) is 29.1 Å². The molecule has 1 aliphatic heterocycles. The Morgan fingerprint density at radius 3 is 3.12 bits per heavy atom. The van der Waals surface area contributed by atoms with Crippen molar-refractivity contribution in [3.8, 4) is 11.9 Å². The summed E-state index contributed by atoms with van der Waals surface area (Å²) in [5, 5.41) is 9.09. The van der Waals surface area contributed by atoms with E-state index in [4.69, 9.17) is 21.6 Å². The second-order valence-corrected chi connectivity index (χ2v) is 4.62. The van der Waals surface area contributed by atoms with Crippen LogP contribution in [0.2, 0.25) is 5.02 Å². The first-order chi connectivity index (χ1) is 8.20. The number of likely N-dealkylation sites (tertiary alicyclic amines) is 1. The Hall–Kier alpha value is -1.31. The number of hydrogen-bond acceptors (Lipinski definition) is 4. The van der Waals surface area contributed by atoms with Crippen molar-refractivity contribution in [2.45, 2.75) is 18.9 Å². The van der Waals surface area contributed by atoms with Crippen molar-refractivity contribution < 1.29 is 4.74 Å². The summed E-state index contributed by atoms with van der Waals surface area (Å²) in [6.07, 6.45) is 3.82. The SMILES string of the molecule is CN1CCCC1COc1ncc(C#N)cc1Cl. The highest BCUT2D eigenvalue weighted by Gasteiger charge is 2.21. The quantitative estimate of drug-likeness (QED) is 0.825. The molecule has 1 aromatic rings. The van der Waals surface area contributed by atoms with E-state index in [1.165, 1.54) is 12.6 Å². The third-order valence-electron chi connectivity index (χ3n) is 3.02. The summed E-state index contributed by atoms with van der Waals surface area (Å²) in [7, 11) is 2.09. The van der Waals surface area contributed by atoms with Gasteiger partial charge in [-0.3, -0.25) is 0 Å². The molecule has 0 bridgehead atoms. The maximum atomic E-state index is 8.69. The van der Waals surface area contributed by atoms with Crippen molar-refractivity contribution in [2.24, 2.45) is 0 Å². The number of ether oxygens (including phenoxy) is 1. The molecule has 0 aromatic carbocycles. The molecule has 2 heterocycles. The molecular formula is C12H14ClN3O. The molecule has 5 heteroatoms. The molecule has 1 saturated heterocycles. The Bertz CT molecular complexity index is 444. The molecule has 1 aliphatic rings. The van der Waals surface area contributed by atoms with Gasteiger partial charge in [0.1, 0.15) is 17.7 Å². The second-order valence-electron chi connectivity index (χ2n) is 4.21. The summed E-state index contributed by atoms with van der Waals surface area (Å²) in [4.78, 5) is 6.32. The second kappa shape index (κ2) is 5.35. The lowest BCUT2D eigenvalue weighted by Crippen LogP contribution is -2.30. The van der Waals surface area contributed by atoms with Crippen LogP contribution in [0.15, 0.2) is 12.3 Å². The molecule has 0 spiro atoms. The number of halogens is 1. The zero-order chi connectivity index (χ0) is 12.3. The Kier molecular flexibility index (Phi) is 3.82. The number of nitrogens with zero attached hydrogens (tertiary/aromatic N) is 3. The van der Waals surface area contributed by atoms with Crippen LogP contribution < -0.4 is 4.74 Å². The van der Waals surface area contributed by atoms with Crippen LogP contribution in [-0.2, 0) is 0 Å². The molecule has 0 N–H and O–H groups in total. The third kappa shape index (κ3) is 2.87. The Morgan fingerprint density at radius 2 is 2.53 bits per heavy atom. The molecule has 1 atom stereocenters. The summed E-state index contributed by atoms with van der Waals surface area (Å²) >= 11 is 5.98. The number of rotatable bonds is 3. The first-order valence-electron chi connectivity index (χ1n) is 5.59. The smallest absolute Gasteiger partial charge is 0.232 e. The number of aromatic nitrogens is 1. The number of hydrogen-bond donors (Lipinski definition) is 0. The van der Waals surface area contributed by atoms with Crippen LogP contribution in [0, 0.1) is 11.3 Å². The van der Waals surface area contributed by atoms with Gasteiger partial charge in [0.05, 0.1) is 5.56 Å². The summed E-state index contributed by atoms with van der Waals surface area (Å²) in [6.45, 7) is 1.71. The van der Waals surface area contributed by atoms with Gasteiger partial charge in [-0.2, -0.15) is 5.26 Å². The van der Waals surface area contributed by atoms with E-state index in [1.54, 1.807) is 6.07 Å². The van der Waals surface area contributed by atoms with Crippen LogP contribution in [-0.4, -0.2) is 36.1 Å². The van der Waals surface area contributed by atoms with E-state index >= 15 is 0 Å². The fraction of sp³-hybridized carbons (Fsp3) is 0.500. The Morgan fingerprint density at radius 1 is 1.71 bits per heavy atom. The van der Waals surface area contributed by atoms with Gasteiger partial charge in [0.25, 0.3) is 0 Å². The lowest BCUT2D eigenvalue weighted by Gasteiger charge is -2.19. The predicted octanol–water partition coefficient (Wildman–Crippen LogP) is 2.08. The summed E-state index contributed by atoms with van der Waals surface area (Å²) < 4.78 is 5.60. The predicted molar refractivity (Wildman–Crippen MR) is 65.1 cm³/mol. The van der Waals surface area contributed by atoms with Gasteiger partial charge in [-0.15, -0.1) is 0 Å². The fourth-order valence-electron chi connectivity index (χ4n) is 1.96. The molecule has 0 saturated carbocycles. The highest BCUT2D eigenvalue weighted by molar-refractivity contribution is 6.31. The maximum absolute atomic E-state index is 8.69. The highest BCUT2D eigenvalue weighted by Crippen LogP contribution is 2.23. The van der Waals surface area contributed by atoms with Gasteiger partial charge in [0.15, 0.2) is 0 Å². The average Bonchev–Trinajstić information content (AvgIpc) is 2.73. The van der Waals surface area contributed by atoms with E-state index < -0.39 is 0 Å². The zero-order valence-corrected chi connectivity index (χ0v) is 10.4. The van der Waals surface area contributed by atoms with Crippen molar-refractivity contribution in [2.75, 3.05) is 20.2 Å². The van der Waals surface area contributed by atoms with Gasteiger partial charge in [-0.1, -0.05) is 11.6 Å². The minimum atomic E-state index is 0.393. The van der Waals surface area contributed by atoms with Crippen LogP contribution >= 0.6 is 11.6 Å². The minimum Gasteiger partial charge on any atom is -0.475 e. The van der Waals surface area contributed by atoms with Crippen LogP contribution in [0.25, 0.3) is 0 Å². The number of nitriles is 1. The van der Waals surface area contributed by atoms with E-state index in [0.717, 1.165) is 13.0 Å². The van der Waals surface area contributed by atoms with Crippen molar-refractivity contribution in [3.05, 3.63) is 22.8 Å². The molecular weight excluding hydrogens is 238 g/mol. The molecule has 1 aromatic heterocycles. The molecule has 1 unspecified atom stereocenters. The van der Waals surface area contributed by atoms with Gasteiger partial charge in [-0.05, 0) is 32.5 Å². The van der Waals surface area contributed by atoms with Gasteiger partial charge < -0.3 is 9.64 Å². The highest BCUT2D eigenvalue weighted by atomic mass is 35.5. The van der Waals surface area contributed by atoms with Crippen LogP contribution in [0.3, 0.4) is 0 Å². The molecule has 1 fully saturated rings. The number of pyridine rings is 1. The van der Waals surface area contributed by atoms with Crippen LogP contribution in [0.5, 0.6) is 5.88 Å². The average molecular weight is 252 g/mol. The number of likely N-dealkylation sites (N-methyl/N-ethyl adjacent to an activating group) is 1. The first kappa shape index (κ1) is 12.2. The molecule has 90 valence electrons. The minimum absolute atomic E-state index is 0.393. The van der Waals surface area contributed by atoms with Gasteiger partial charge in [0, 0.05) is 12.2 Å². The standard InChI is InChI=1S/C12H14ClN3O/c1-16-4-2-3-10(16)8-17-12-11(13)5-9(6-14)7-15-12/h5,7,10H,2-4,8H2,1H3. The van der Waals surface area contributed by atoms with Crippen molar-refractivity contribution in [3.63, 3.8) is 0 Å². The van der Waals surface area contributed by atoms with E-state index in [-0.39, 0.29) is 0 Å². The molecule has 0 radical (unpaired) electrons. The lowest BCUT2D eigenvalue weighted by molar-refractivity contribution is 0.193. The molecule has 4 nitrogen and oxygen atoms in total. The van der Waals surface area contributed by atoms with Gasteiger partial charge >= 0.3 is 0 Å². The summed E-state index contributed by atoms with van der Waals surface area (Å²) in [5.41, 5.74) is 0.445. The summed E-state index contributed by atoms with van der Waals surface area (Å²) in [6, 6.07) is 3.99. The van der Waals surface area contributed by atoms with Crippen LogP contribution in [0.1, 0.15) is 18.4 Å². The monoisotopic (exact) mass is 251 g/mol. The topological polar surface area (TPSA) is 49.1 Å². The van der Waals surface area contributed by atoms with Gasteiger partial charge in [-0.25, -0.2) is 4.98 Å². The lowest BCUT2D eigenvalue weighted by atomic mass is 10.2. The molecule has 0 amide bonds. The zero-order valence-electron chi connectivity index (χ0n) is 9.69. The first-order valence-corrected chi connectivity index (χ1v) is 5.97. The van der Waals surface area contributed by atoms with E-state index in [9.17, 15) is 0 Å². The normalized spacial score (nSPS) is 20.2. The van der Waals surface area contributed by atoms with Crippen LogP contribution in [0.4, 0.5) is 0 Å². The summed E-state index contributed by atoms with van der Waals surface area (Å²) in [5.74, 6) is 0.408. The van der Waals surface area contributed by atoms with E-state index in [1.807, 2.05) is 6.07 Å². The third-order valence-corrected chi connectivity index (χ3v) is 3.29. The Labute approximate surface area is 106 Å². The van der Waals surface area contributed by atoms with E-state index in [2.05, 4.69) is 16.9 Å². The largest absolute Gasteiger partial charge is 0.475 e.